The maximum Gasteiger partial charge on any atom is 0.319 e. The molecular formula is C18H23N5O2. The molecule has 0 aliphatic carbocycles. The number of carbonyl (C=O) groups excluding carboxylic acids is 2. The smallest absolute Gasteiger partial charge is 0.319 e. The average Bonchev–Trinajstić information content (AvgIpc) is 3.02. The van der Waals surface area contributed by atoms with Crippen molar-refractivity contribution in [3.63, 3.8) is 0 Å². The van der Waals surface area contributed by atoms with Gasteiger partial charge < -0.3 is 14.7 Å². The number of piperazine rings is 1. The van der Waals surface area contributed by atoms with Gasteiger partial charge in [-0.15, -0.1) is 0 Å². The van der Waals surface area contributed by atoms with E-state index in [4.69, 9.17) is 5.26 Å². The molecule has 7 heteroatoms. The summed E-state index contributed by atoms with van der Waals surface area (Å²) in [5, 5.41) is 8.88. The van der Waals surface area contributed by atoms with E-state index in [0.717, 1.165) is 25.2 Å². The first-order valence-corrected chi connectivity index (χ1v) is 8.53. The lowest BCUT2D eigenvalue weighted by Crippen LogP contribution is -2.55. The number of hydrogen-bond donors (Lipinski definition) is 0. The predicted molar refractivity (Wildman–Crippen MR) is 94.1 cm³/mol. The van der Waals surface area contributed by atoms with Crippen LogP contribution in [0.1, 0.15) is 12.0 Å². The number of anilines is 1. The van der Waals surface area contributed by atoms with Gasteiger partial charge in [-0.25, -0.2) is 4.79 Å². The molecule has 3 amide bonds. The third-order valence-corrected chi connectivity index (χ3v) is 4.89. The molecule has 1 atom stereocenters. The third-order valence-electron chi connectivity index (χ3n) is 4.89. The first kappa shape index (κ1) is 17.2. The summed E-state index contributed by atoms with van der Waals surface area (Å²) in [7, 11) is 3.51. The molecule has 0 saturated carbocycles. The van der Waals surface area contributed by atoms with Crippen molar-refractivity contribution in [3.8, 4) is 6.07 Å². The molecule has 0 aromatic heterocycles. The maximum absolute atomic E-state index is 12.8. The quantitative estimate of drug-likeness (QED) is 0.803. The maximum atomic E-state index is 12.8. The van der Waals surface area contributed by atoms with Crippen LogP contribution in [0.15, 0.2) is 24.3 Å². The Bertz CT molecular complexity index is 686. The van der Waals surface area contributed by atoms with Crippen LogP contribution >= 0.6 is 0 Å². The molecule has 7 nitrogen and oxygen atoms in total. The molecule has 2 fully saturated rings. The van der Waals surface area contributed by atoms with Gasteiger partial charge in [0.25, 0.3) is 0 Å². The number of amides is 3. The van der Waals surface area contributed by atoms with Crippen molar-refractivity contribution in [2.24, 2.45) is 0 Å². The van der Waals surface area contributed by atoms with Gasteiger partial charge in [-0.3, -0.25) is 9.69 Å². The van der Waals surface area contributed by atoms with E-state index in [1.807, 2.05) is 17.0 Å². The van der Waals surface area contributed by atoms with Crippen LogP contribution in [0.4, 0.5) is 10.5 Å². The van der Waals surface area contributed by atoms with Gasteiger partial charge in [-0.05, 0) is 30.7 Å². The Morgan fingerprint density at radius 2 is 1.76 bits per heavy atom. The molecule has 0 N–H and O–H groups in total. The highest BCUT2D eigenvalue weighted by Crippen LogP contribution is 2.25. The van der Waals surface area contributed by atoms with Gasteiger partial charge in [0, 0.05) is 52.5 Å². The van der Waals surface area contributed by atoms with Crippen molar-refractivity contribution >= 4 is 17.6 Å². The first-order valence-electron chi connectivity index (χ1n) is 8.53. The van der Waals surface area contributed by atoms with Crippen LogP contribution in [0, 0.1) is 11.3 Å². The van der Waals surface area contributed by atoms with E-state index in [9.17, 15) is 9.59 Å². The highest BCUT2D eigenvalue weighted by molar-refractivity contribution is 5.99. The average molecular weight is 341 g/mol. The lowest BCUT2D eigenvalue weighted by Gasteiger charge is -2.38. The summed E-state index contributed by atoms with van der Waals surface area (Å²) in [6.07, 6.45) is 0.792. The fraction of sp³-hybridized carbons (Fsp3) is 0.500. The Hall–Kier alpha value is -2.59. The minimum absolute atomic E-state index is 0.0246. The Morgan fingerprint density at radius 3 is 2.32 bits per heavy atom. The Balaban J connectivity index is 1.61. The zero-order chi connectivity index (χ0) is 18.0. The molecule has 3 rings (SSSR count). The van der Waals surface area contributed by atoms with Crippen LogP contribution in [-0.2, 0) is 4.79 Å². The van der Waals surface area contributed by atoms with Crippen molar-refractivity contribution in [3.05, 3.63) is 29.8 Å². The van der Waals surface area contributed by atoms with Gasteiger partial charge >= 0.3 is 6.03 Å². The van der Waals surface area contributed by atoms with E-state index in [2.05, 4.69) is 11.0 Å². The van der Waals surface area contributed by atoms with Gasteiger partial charge in [-0.1, -0.05) is 0 Å². The predicted octanol–water partition coefficient (Wildman–Crippen LogP) is 0.963. The molecule has 2 aliphatic heterocycles. The number of hydrogen-bond acceptors (Lipinski definition) is 4. The number of carbonyl (C=O) groups is 2. The standard InChI is InChI=1S/C18H23N5O2/c1-20(2)18(25)22-11-9-21(10-12-22)16-7-8-23(17(16)24)15-5-3-14(13-19)4-6-15/h3-6,16H,7-12H2,1-2H3/t16-/m1/s1. The summed E-state index contributed by atoms with van der Waals surface area (Å²) in [6.45, 7) is 3.43. The summed E-state index contributed by atoms with van der Waals surface area (Å²) in [6, 6.07) is 9.12. The summed E-state index contributed by atoms with van der Waals surface area (Å²) < 4.78 is 0. The molecule has 0 unspecified atom stereocenters. The van der Waals surface area contributed by atoms with E-state index in [1.165, 1.54) is 0 Å². The van der Waals surface area contributed by atoms with Crippen LogP contribution in [-0.4, -0.2) is 79.5 Å². The summed E-state index contributed by atoms with van der Waals surface area (Å²) in [5.74, 6) is 0.108. The van der Waals surface area contributed by atoms with Crippen LogP contribution < -0.4 is 4.90 Å². The lowest BCUT2D eigenvalue weighted by atomic mass is 10.2. The molecule has 132 valence electrons. The molecule has 0 spiro atoms. The van der Waals surface area contributed by atoms with Crippen molar-refractivity contribution in [2.45, 2.75) is 12.5 Å². The number of nitriles is 1. The van der Waals surface area contributed by atoms with Crippen molar-refractivity contribution in [2.75, 3.05) is 51.7 Å². The van der Waals surface area contributed by atoms with Crippen molar-refractivity contribution < 1.29 is 9.59 Å². The second-order valence-corrected chi connectivity index (χ2v) is 6.65. The van der Waals surface area contributed by atoms with E-state index < -0.39 is 0 Å². The molecular weight excluding hydrogens is 318 g/mol. The van der Waals surface area contributed by atoms with E-state index >= 15 is 0 Å². The molecule has 0 radical (unpaired) electrons. The van der Waals surface area contributed by atoms with Gasteiger partial charge in [-0.2, -0.15) is 5.26 Å². The van der Waals surface area contributed by atoms with E-state index in [-0.39, 0.29) is 18.0 Å². The van der Waals surface area contributed by atoms with Crippen LogP contribution in [0.25, 0.3) is 0 Å². The Morgan fingerprint density at radius 1 is 1.12 bits per heavy atom. The van der Waals surface area contributed by atoms with Gasteiger partial charge in [0.2, 0.25) is 5.91 Å². The summed E-state index contributed by atoms with van der Waals surface area (Å²) >= 11 is 0. The lowest BCUT2D eigenvalue weighted by molar-refractivity contribution is -0.122. The minimum Gasteiger partial charge on any atom is -0.331 e. The van der Waals surface area contributed by atoms with Crippen LogP contribution in [0.2, 0.25) is 0 Å². The third kappa shape index (κ3) is 3.44. The second kappa shape index (κ2) is 7.11. The largest absolute Gasteiger partial charge is 0.331 e. The Kier molecular flexibility index (Phi) is 4.91. The molecule has 2 saturated heterocycles. The van der Waals surface area contributed by atoms with Crippen molar-refractivity contribution in [1.29, 1.82) is 5.26 Å². The number of benzene rings is 1. The first-order chi connectivity index (χ1) is 12.0. The summed E-state index contributed by atoms with van der Waals surface area (Å²) in [4.78, 5) is 32.2. The van der Waals surface area contributed by atoms with Gasteiger partial charge in [0.15, 0.2) is 0 Å². The zero-order valence-electron chi connectivity index (χ0n) is 14.7. The number of nitrogens with zero attached hydrogens (tertiary/aromatic N) is 5. The molecule has 2 aliphatic rings. The van der Waals surface area contributed by atoms with Crippen LogP contribution in [0.5, 0.6) is 0 Å². The summed E-state index contributed by atoms with van der Waals surface area (Å²) in [5.41, 5.74) is 1.43. The van der Waals surface area contributed by atoms with Crippen LogP contribution in [0.3, 0.4) is 0 Å². The number of rotatable bonds is 2. The van der Waals surface area contributed by atoms with Gasteiger partial charge in [0.05, 0.1) is 17.7 Å². The highest BCUT2D eigenvalue weighted by Gasteiger charge is 2.38. The molecule has 25 heavy (non-hydrogen) atoms. The monoisotopic (exact) mass is 341 g/mol. The molecule has 0 bridgehead atoms. The second-order valence-electron chi connectivity index (χ2n) is 6.65. The molecule has 1 aromatic carbocycles. The topological polar surface area (TPSA) is 70.9 Å². The number of urea groups is 1. The molecule has 1 aromatic rings. The normalized spacial score (nSPS) is 21.3. The van der Waals surface area contributed by atoms with E-state index in [0.29, 0.717) is 25.2 Å². The highest BCUT2D eigenvalue weighted by atomic mass is 16.2. The molecule has 2 heterocycles. The zero-order valence-corrected chi connectivity index (χ0v) is 14.7. The SMILES string of the molecule is CN(C)C(=O)N1CCN([C@@H]2CCN(c3ccc(C#N)cc3)C2=O)CC1. The van der Waals surface area contributed by atoms with E-state index in [1.54, 1.807) is 36.0 Å². The van der Waals surface area contributed by atoms with Crippen molar-refractivity contribution in [1.82, 2.24) is 14.7 Å². The fourth-order valence-electron chi connectivity index (χ4n) is 3.48. The minimum atomic E-state index is -0.118. The fourth-order valence-corrected chi connectivity index (χ4v) is 3.48. The van der Waals surface area contributed by atoms with Gasteiger partial charge in [0.1, 0.15) is 0 Å². The Labute approximate surface area is 148 Å².